The van der Waals surface area contributed by atoms with Gasteiger partial charge in [0.15, 0.2) is 0 Å². The van der Waals surface area contributed by atoms with Gasteiger partial charge in [-0.15, -0.1) is 0 Å². The topological polar surface area (TPSA) is 49.4 Å². The first-order chi connectivity index (χ1) is 10.4. The highest BCUT2D eigenvalue weighted by molar-refractivity contribution is 5.87. The lowest BCUT2D eigenvalue weighted by Gasteiger charge is -2.29. The predicted octanol–water partition coefficient (Wildman–Crippen LogP) is 2.87. The molecular weight excluding hydrogens is 283 g/mol. The molecule has 4 nitrogen and oxygen atoms in total. The van der Waals surface area contributed by atoms with Crippen molar-refractivity contribution in [2.45, 2.75) is 59.2 Å². The maximum absolute atomic E-state index is 13.0. The van der Waals surface area contributed by atoms with Crippen LogP contribution in [0.3, 0.4) is 0 Å². The molecule has 5 heteroatoms. The van der Waals surface area contributed by atoms with Crippen molar-refractivity contribution in [3.05, 3.63) is 35.6 Å². The van der Waals surface area contributed by atoms with Gasteiger partial charge in [0.2, 0.25) is 11.8 Å². The molecule has 1 aromatic carbocycles. The average Bonchev–Trinajstić information content (AvgIpc) is 2.52. The normalized spacial score (nSPS) is 13.3. The molecule has 0 unspecified atom stereocenters. The van der Waals surface area contributed by atoms with Crippen molar-refractivity contribution in [3.63, 3.8) is 0 Å². The Bertz CT molecular complexity index is 502. The third kappa shape index (κ3) is 5.13. The first kappa shape index (κ1) is 18.1. The van der Waals surface area contributed by atoms with Gasteiger partial charge in [0.05, 0.1) is 0 Å². The van der Waals surface area contributed by atoms with Gasteiger partial charge in [-0.25, -0.2) is 4.39 Å². The Hall–Kier alpha value is -1.91. The number of hydrogen-bond acceptors (Lipinski definition) is 2. The van der Waals surface area contributed by atoms with Gasteiger partial charge in [0, 0.05) is 19.0 Å². The lowest BCUT2D eigenvalue weighted by Crippen LogP contribution is -2.49. The largest absolute Gasteiger partial charge is 0.352 e. The van der Waals surface area contributed by atoms with Crippen LogP contribution in [0.5, 0.6) is 0 Å². The molecule has 1 aromatic rings. The molecule has 122 valence electrons. The summed E-state index contributed by atoms with van der Waals surface area (Å²) in [7, 11) is 0. The van der Waals surface area contributed by atoms with Crippen LogP contribution in [0.4, 0.5) is 4.39 Å². The van der Waals surface area contributed by atoms with Crippen molar-refractivity contribution in [1.29, 1.82) is 0 Å². The summed E-state index contributed by atoms with van der Waals surface area (Å²) in [6.45, 7) is 7.69. The van der Waals surface area contributed by atoms with Crippen molar-refractivity contribution in [1.82, 2.24) is 10.2 Å². The van der Waals surface area contributed by atoms with E-state index in [-0.39, 0.29) is 23.7 Å². The minimum Gasteiger partial charge on any atom is -0.352 e. The fourth-order valence-electron chi connectivity index (χ4n) is 2.04. The third-order valence-electron chi connectivity index (χ3n) is 3.74. The maximum Gasteiger partial charge on any atom is 0.242 e. The zero-order chi connectivity index (χ0) is 16.7. The molecule has 0 aromatic heterocycles. The van der Waals surface area contributed by atoms with Crippen LogP contribution >= 0.6 is 0 Å². The van der Waals surface area contributed by atoms with E-state index in [0.717, 1.165) is 12.0 Å². The van der Waals surface area contributed by atoms with Crippen molar-refractivity contribution >= 4 is 11.8 Å². The lowest BCUT2D eigenvalue weighted by molar-refractivity contribution is -0.140. The van der Waals surface area contributed by atoms with E-state index in [2.05, 4.69) is 5.32 Å². The summed E-state index contributed by atoms with van der Waals surface area (Å²) < 4.78 is 13.0. The van der Waals surface area contributed by atoms with Crippen molar-refractivity contribution in [3.8, 4) is 0 Å². The quantitative estimate of drug-likeness (QED) is 0.842. The Labute approximate surface area is 131 Å². The summed E-state index contributed by atoms with van der Waals surface area (Å²) in [5, 5.41) is 2.89. The molecule has 0 saturated heterocycles. The lowest BCUT2D eigenvalue weighted by atomic mass is 10.1. The Morgan fingerprint density at radius 1 is 1.18 bits per heavy atom. The monoisotopic (exact) mass is 308 g/mol. The molecule has 2 amide bonds. The number of amides is 2. The summed E-state index contributed by atoms with van der Waals surface area (Å²) in [5.74, 6) is -0.589. The van der Waals surface area contributed by atoms with Crippen LogP contribution in [-0.2, 0) is 16.1 Å². The van der Waals surface area contributed by atoms with Gasteiger partial charge in [0.1, 0.15) is 11.9 Å². The second-order valence-corrected chi connectivity index (χ2v) is 5.50. The number of carbonyl (C=O) groups excluding carboxylic acids is 2. The minimum atomic E-state index is -0.563. The van der Waals surface area contributed by atoms with E-state index in [1.54, 1.807) is 26.0 Å². The number of hydrogen-bond donors (Lipinski definition) is 1. The van der Waals surface area contributed by atoms with Gasteiger partial charge < -0.3 is 10.2 Å². The van der Waals surface area contributed by atoms with E-state index >= 15 is 0 Å². The van der Waals surface area contributed by atoms with Crippen molar-refractivity contribution in [2.24, 2.45) is 0 Å². The Morgan fingerprint density at radius 3 is 2.27 bits per heavy atom. The van der Waals surface area contributed by atoms with E-state index in [9.17, 15) is 14.0 Å². The molecule has 2 atom stereocenters. The third-order valence-corrected chi connectivity index (χ3v) is 3.74. The molecular formula is C17H25FN2O2. The second-order valence-electron chi connectivity index (χ2n) is 5.50. The molecule has 0 aliphatic rings. The van der Waals surface area contributed by atoms with Crippen molar-refractivity contribution < 1.29 is 14.0 Å². The highest BCUT2D eigenvalue weighted by atomic mass is 19.1. The SMILES string of the molecule is CCC(=O)N(Cc1ccc(F)cc1)[C@H](C)C(=O)N[C@H](C)CC. The Morgan fingerprint density at radius 2 is 1.77 bits per heavy atom. The van der Waals surface area contributed by atoms with Crippen molar-refractivity contribution in [2.75, 3.05) is 0 Å². The molecule has 1 rings (SSSR count). The summed E-state index contributed by atoms with van der Waals surface area (Å²) >= 11 is 0. The van der Waals surface area contributed by atoms with Crippen LogP contribution < -0.4 is 5.32 Å². The molecule has 1 N–H and O–H groups in total. The smallest absolute Gasteiger partial charge is 0.242 e. The summed E-state index contributed by atoms with van der Waals surface area (Å²) in [4.78, 5) is 25.9. The van der Waals surface area contributed by atoms with E-state index in [1.165, 1.54) is 17.0 Å². The number of nitrogens with zero attached hydrogens (tertiary/aromatic N) is 1. The maximum atomic E-state index is 13.0. The van der Waals surface area contributed by atoms with Gasteiger partial charge in [-0.1, -0.05) is 26.0 Å². The molecule has 0 aliphatic heterocycles. The molecule has 0 aliphatic carbocycles. The van der Waals surface area contributed by atoms with Crippen LogP contribution in [-0.4, -0.2) is 28.8 Å². The number of carbonyl (C=O) groups is 2. The fourth-order valence-corrected chi connectivity index (χ4v) is 2.04. The number of halogens is 1. The van der Waals surface area contributed by atoms with Crippen LogP contribution in [0.15, 0.2) is 24.3 Å². The van der Waals surface area contributed by atoms with Crippen LogP contribution in [0.25, 0.3) is 0 Å². The van der Waals surface area contributed by atoms with Gasteiger partial charge in [-0.05, 0) is 38.0 Å². The van der Waals surface area contributed by atoms with Gasteiger partial charge in [-0.2, -0.15) is 0 Å². The summed E-state index contributed by atoms with van der Waals surface area (Å²) in [6.07, 6.45) is 1.15. The molecule has 0 bridgehead atoms. The van der Waals surface area contributed by atoms with Gasteiger partial charge in [-0.3, -0.25) is 9.59 Å². The average molecular weight is 308 g/mol. The number of benzene rings is 1. The fraction of sp³-hybridized carbons (Fsp3) is 0.529. The first-order valence-electron chi connectivity index (χ1n) is 7.73. The standard InChI is InChI=1S/C17H25FN2O2/c1-5-12(3)19-17(22)13(4)20(16(21)6-2)11-14-7-9-15(18)10-8-14/h7-10,12-13H,5-6,11H2,1-4H3,(H,19,22)/t12-,13-/m1/s1. The van der Waals surface area contributed by atoms with Crippen LogP contribution in [0.1, 0.15) is 46.1 Å². The van der Waals surface area contributed by atoms with E-state index < -0.39 is 6.04 Å². The zero-order valence-corrected chi connectivity index (χ0v) is 13.7. The molecule has 0 radical (unpaired) electrons. The zero-order valence-electron chi connectivity index (χ0n) is 13.7. The number of nitrogens with one attached hydrogen (secondary N) is 1. The molecule has 0 spiro atoms. The van der Waals surface area contributed by atoms with Crippen LogP contribution in [0, 0.1) is 5.82 Å². The van der Waals surface area contributed by atoms with Crippen LogP contribution in [0.2, 0.25) is 0 Å². The van der Waals surface area contributed by atoms with Gasteiger partial charge in [0.25, 0.3) is 0 Å². The number of rotatable bonds is 7. The summed E-state index contributed by atoms with van der Waals surface area (Å²) in [5.41, 5.74) is 0.798. The molecule has 0 saturated carbocycles. The molecule has 22 heavy (non-hydrogen) atoms. The first-order valence-corrected chi connectivity index (χ1v) is 7.73. The Kier molecular flexibility index (Phi) is 7.02. The van der Waals surface area contributed by atoms with E-state index in [1.807, 2.05) is 13.8 Å². The summed E-state index contributed by atoms with van der Waals surface area (Å²) in [6, 6.07) is 5.47. The Balaban J connectivity index is 2.85. The minimum absolute atomic E-state index is 0.0688. The second kappa shape index (κ2) is 8.51. The highest BCUT2D eigenvalue weighted by Crippen LogP contribution is 2.12. The van der Waals surface area contributed by atoms with E-state index in [0.29, 0.717) is 13.0 Å². The highest BCUT2D eigenvalue weighted by Gasteiger charge is 2.25. The predicted molar refractivity (Wildman–Crippen MR) is 84.6 cm³/mol. The van der Waals surface area contributed by atoms with Gasteiger partial charge >= 0.3 is 0 Å². The van der Waals surface area contributed by atoms with E-state index in [4.69, 9.17) is 0 Å². The molecule has 0 fully saturated rings. The molecule has 0 heterocycles.